The molecule has 4 atom stereocenters. The zero-order chi connectivity index (χ0) is 25.8. The third-order valence-corrected chi connectivity index (χ3v) is 5.67. The number of esters is 1. The molecule has 10 nitrogen and oxygen atoms in total. The van der Waals surface area contributed by atoms with Gasteiger partial charge < -0.3 is 26.0 Å². The van der Waals surface area contributed by atoms with E-state index in [9.17, 15) is 24.0 Å². The second-order valence-electron chi connectivity index (χ2n) is 8.65. The van der Waals surface area contributed by atoms with Crippen LogP contribution in [0, 0.1) is 11.8 Å². The summed E-state index contributed by atoms with van der Waals surface area (Å²) in [6, 6.07) is -2.91. The summed E-state index contributed by atoms with van der Waals surface area (Å²) >= 11 is 8.28. The first-order chi connectivity index (χ1) is 16.0. The van der Waals surface area contributed by atoms with Crippen LogP contribution in [0.2, 0.25) is 0 Å². The first-order valence-electron chi connectivity index (χ1n) is 11.3. The zero-order valence-electron chi connectivity index (χ0n) is 20.0. The van der Waals surface area contributed by atoms with Crippen molar-refractivity contribution < 1.29 is 28.7 Å². The summed E-state index contributed by atoms with van der Waals surface area (Å²) in [5.41, 5.74) is 0. The molecule has 0 aromatic rings. The minimum Gasteiger partial charge on any atom is -0.456 e. The lowest BCUT2D eigenvalue weighted by atomic mass is 10.0. The molecule has 4 N–H and O–H groups in total. The summed E-state index contributed by atoms with van der Waals surface area (Å²) in [6.45, 7) is 6.55. The van der Waals surface area contributed by atoms with Crippen LogP contribution in [0.25, 0.3) is 0 Å². The lowest BCUT2D eigenvalue weighted by Crippen LogP contribution is -2.59. The highest BCUT2D eigenvalue weighted by atomic mass is 32.1. The van der Waals surface area contributed by atoms with Crippen molar-refractivity contribution in [2.75, 3.05) is 18.1 Å². The summed E-state index contributed by atoms with van der Waals surface area (Å²) in [4.78, 5) is 63.4. The Hall–Kier alpha value is -2.21. The number of hydrogen-bond acceptors (Lipinski definition) is 8. The Labute approximate surface area is 211 Å². The van der Waals surface area contributed by atoms with E-state index in [-0.39, 0.29) is 24.0 Å². The summed E-state index contributed by atoms with van der Waals surface area (Å²) in [7, 11) is 0. The molecule has 0 unspecified atom stereocenters. The summed E-state index contributed by atoms with van der Waals surface area (Å²) < 4.78 is 5.37. The van der Waals surface area contributed by atoms with E-state index in [2.05, 4.69) is 46.5 Å². The number of amides is 4. The van der Waals surface area contributed by atoms with Gasteiger partial charge in [0.05, 0.1) is 6.42 Å². The van der Waals surface area contributed by atoms with Crippen molar-refractivity contribution in [1.82, 2.24) is 21.3 Å². The lowest BCUT2D eigenvalue weighted by molar-refractivity contribution is -0.148. The van der Waals surface area contributed by atoms with Crippen molar-refractivity contribution in [3.63, 3.8) is 0 Å². The summed E-state index contributed by atoms with van der Waals surface area (Å²) in [6.07, 6.45) is 2.82. The quantitative estimate of drug-likeness (QED) is 0.167. The Morgan fingerprint density at radius 3 is 2.09 bits per heavy atom. The maximum atomic E-state index is 12.9. The van der Waals surface area contributed by atoms with Crippen molar-refractivity contribution in [2.24, 2.45) is 11.8 Å². The van der Waals surface area contributed by atoms with Crippen molar-refractivity contribution >= 4 is 54.9 Å². The number of ether oxygens (including phenoxy) is 1. The van der Waals surface area contributed by atoms with Gasteiger partial charge in [-0.15, -0.1) is 0 Å². The normalized spacial score (nSPS) is 26.2. The fraction of sp³-hybridized carbons (Fsp3) is 0.682. The van der Waals surface area contributed by atoms with Crippen LogP contribution in [0.5, 0.6) is 0 Å². The van der Waals surface area contributed by atoms with E-state index in [1.54, 1.807) is 39.8 Å². The number of carbonyl (C=O) groups is 5. The molecule has 192 valence electrons. The molecule has 0 aromatic heterocycles. The van der Waals surface area contributed by atoms with Crippen LogP contribution >= 0.6 is 25.3 Å². The van der Waals surface area contributed by atoms with Crippen LogP contribution in [0.4, 0.5) is 0 Å². The van der Waals surface area contributed by atoms with E-state index in [1.807, 2.05) is 0 Å². The number of allylic oxidation sites excluding steroid dienone is 1. The predicted octanol–water partition coefficient (Wildman–Crippen LogP) is -0.00960. The van der Waals surface area contributed by atoms with E-state index < -0.39 is 60.4 Å². The topological polar surface area (TPSA) is 143 Å². The number of cyclic esters (lactones) is 1. The van der Waals surface area contributed by atoms with Gasteiger partial charge in [-0.25, -0.2) is 0 Å². The van der Waals surface area contributed by atoms with Gasteiger partial charge in [0.1, 0.15) is 30.8 Å². The highest BCUT2D eigenvalue weighted by Gasteiger charge is 2.32. The third-order valence-electron chi connectivity index (χ3n) is 5.05. The van der Waals surface area contributed by atoms with Gasteiger partial charge in [0.15, 0.2) is 0 Å². The Bertz CT molecular complexity index is 774. The van der Waals surface area contributed by atoms with Gasteiger partial charge >= 0.3 is 5.97 Å². The largest absolute Gasteiger partial charge is 0.456 e. The molecule has 34 heavy (non-hydrogen) atoms. The maximum Gasteiger partial charge on any atom is 0.326 e. The monoisotopic (exact) mass is 516 g/mol. The molecule has 0 radical (unpaired) electrons. The van der Waals surface area contributed by atoms with E-state index in [1.165, 1.54) is 0 Å². The lowest BCUT2D eigenvalue weighted by Gasteiger charge is -2.28. The van der Waals surface area contributed by atoms with Crippen LogP contribution in [-0.2, 0) is 28.7 Å². The highest BCUT2D eigenvalue weighted by Crippen LogP contribution is 2.09. The molecular formula is C22H36N4O6S2. The fourth-order valence-electron chi connectivity index (χ4n) is 3.15. The van der Waals surface area contributed by atoms with Gasteiger partial charge in [0, 0.05) is 5.75 Å². The minimum atomic E-state index is -1.03. The van der Waals surface area contributed by atoms with E-state index in [4.69, 9.17) is 4.74 Å². The number of rotatable bonds is 6. The molecule has 0 spiro atoms. The Balaban J connectivity index is 3.25. The summed E-state index contributed by atoms with van der Waals surface area (Å²) in [5, 5.41) is 10.3. The molecule has 0 saturated carbocycles. The third kappa shape index (κ3) is 9.96. The number of nitrogens with one attached hydrogen (secondary N) is 4. The SMILES string of the molecule is CC(C)[C@H]1NC(=O)C[C@@H](/C=C/CCS)OC(=O)CNC(=O)[C@@H](C(C)C)NC(=O)[C@@H](CS)NC1=O. The van der Waals surface area contributed by atoms with Gasteiger partial charge in [-0.2, -0.15) is 25.3 Å². The van der Waals surface area contributed by atoms with E-state index in [0.29, 0.717) is 12.2 Å². The molecule has 12 heteroatoms. The van der Waals surface area contributed by atoms with Crippen LogP contribution in [0.15, 0.2) is 12.2 Å². The molecule has 0 aromatic carbocycles. The highest BCUT2D eigenvalue weighted by molar-refractivity contribution is 7.80. The molecule has 1 fully saturated rings. The zero-order valence-corrected chi connectivity index (χ0v) is 21.8. The number of carbonyl (C=O) groups excluding carboxylic acids is 5. The second kappa shape index (κ2) is 14.9. The van der Waals surface area contributed by atoms with Gasteiger partial charge in [0.25, 0.3) is 0 Å². The second-order valence-corrected chi connectivity index (χ2v) is 9.47. The average Bonchev–Trinajstić information content (AvgIpc) is 2.76. The summed E-state index contributed by atoms with van der Waals surface area (Å²) in [5.74, 6) is -3.02. The molecule has 1 rings (SSSR count). The standard InChI is InChI=1S/C22H36N4O6S2/c1-12(2)18-21(30)23-10-17(28)32-14(7-5-6-8-33)9-16(27)25-19(13(3)4)22(31)24-15(11-34)20(29)26-18/h5,7,12-15,18-19,33-34H,6,8-11H2,1-4H3,(H,23,30)(H,24,31)(H,25,27)(H,26,29)/b7-5+/t14-,15-,18-,19-/m1/s1. The molecule has 1 heterocycles. The van der Waals surface area contributed by atoms with Gasteiger partial charge in [-0.3, -0.25) is 24.0 Å². The number of thiol groups is 2. The van der Waals surface area contributed by atoms with Crippen molar-refractivity contribution in [3.8, 4) is 0 Å². The molecule has 0 bridgehead atoms. The van der Waals surface area contributed by atoms with E-state index in [0.717, 1.165) is 0 Å². The maximum absolute atomic E-state index is 12.9. The first kappa shape index (κ1) is 29.8. The Morgan fingerprint density at radius 1 is 0.912 bits per heavy atom. The molecule has 1 saturated heterocycles. The molecule has 1 aliphatic heterocycles. The average molecular weight is 517 g/mol. The van der Waals surface area contributed by atoms with Gasteiger partial charge in [-0.05, 0) is 30.1 Å². The van der Waals surface area contributed by atoms with Crippen LogP contribution in [0.3, 0.4) is 0 Å². The van der Waals surface area contributed by atoms with Crippen LogP contribution in [-0.4, -0.2) is 71.9 Å². The minimum absolute atomic E-state index is 0.0207. The predicted molar refractivity (Wildman–Crippen MR) is 134 cm³/mol. The van der Waals surface area contributed by atoms with E-state index >= 15 is 0 Å². The Morgan fingerprint density at radius 2 is 1.53 bits per heavy atom. The molecule has 1 aliphatic rings. The van der Waals surface area contributed by atoms with Gasteiger partial charge in [-0.1, -0.05) is 33.8 Å². The van der Waals surface area contributed by atoms with Gasteiger partial charge in [0.2, 0.25) is 23.6 Å². The molecule has 0 aliphatic carbocycles. The van der Waals surface area contributed by atoms with Crippen LogP contribution in [0.1, 0.15) is 40.5 Å². The molecular weight excluding hydrogens is 480 g/mol. The molecule has 4 amide bonds. The Kier molecular flexibility index (Phi) is 13.1. The number of hydrogen-bond donors (Lipinski definition) is 6. The van der Waals surface area contributed by atoms with Crippen molar-refractivity contribution in [1.29, 1.82) is 0 Å². The van der Waals surface area contributed by atoms with Crippen molar-refractivity contribution in [2.45, 2.75) is 64.8 Å². The smallest absolute Gasteiger partial charge is 0.326 e. The van der Waals surface area contributed by atoms with Crippen LogP contribution < -0.4 is 21.3 Å². The first-order valence-corrected chi connectivity index (χ1v) is 12.5. The van der Waals surface area contributed by atoms with Crippen molar-refractivity contribution in [3.05, 3.63) is 12.2 Å². The fourth-order valence-corrected chi connectivity index (χ4v) is 3.55.